The van der Waals surface area contributed by atoms with Crippen molar-refractivity contribution >= 4 is 43.6 Å². The lowest BCUT2D eigenvalue weighted by atomic mass is 10.2. The first kappa shape index (κ1) is 17.3. The van der Waals surface area contributed by atoms with Gasteiger partial charge in [-0.15, -0.1) is 11.3 Å². The Kier molecular flexibility index (Phi) is 4.41. The van der Waals surface area contributed by atoms with E-state index in [9.17, 15) is 14.0 Å². The fourth-order valence-electron chi connectivity index (χ4n) is 2.65. The number of aromatic nitrogens is 2. The molecule has 0 bridgehead atoms. The number of amides is 1. The Morgan fingerprint density at radius 2 is 2.25 bits per heavy atom. The van der Waals surface area contributed by atoms with E-state index in [2.05, 4.69) is 25.9 Å². The fraction of sp³-hybridized carbons (Fsp3) is 0.533. The lowest BCUT2D eigenvalue weighted by Gasteiger charge is -2.27. The van der Waals surface area contributed by atoms with Crippen LogP contribution in [-0.2, 0) is 4.74 Å². The Labute approximate surface area is 150 Å². The Bertz CT molecular complexity index is 845. The van der Waals surface area contributed by atoms with Gasteiger partial charge in [-0.05, 0) is 42.8 Å². The van der Waals surface area contributed by atoms with Crippen LogP contribution >= 0.6 is 27.3 Å². The van der Waals surface area contributed by atoms with Gasteiger partial charge in [0.1, 0.15) is 22.3 Å². The number of hydrogen-bond donors (Lipinski definition) is 1. The highest BCUT2D eigenvalue weighted by Crippen LogP contribution is 2.34. The number of aromatic amines is 1. The van der Waals surface area contributed by atoms with E-state index in [1.54, 1.807) is 26.8 Å². The molecule has 3 rings (SSSR count). The average molecular weight is 418 g/mol. The smallest absolute Gasteiger partial charge is 0.411 e. The summed E-state index contributed by atoms with van der Waals surface area (Å²) in [6, 6.07) is 1.09. The van der Waals surface area contributed by atoms with Crippen LogP contribution in [0, 0.1) is 0 Å². The zero-order valence-corrected chi connectivity index (χ0v) is 15.8. The second-order valence-electron chi connectivity index (χ2n) is 6.70. The summed E-state index contributed by atoms with van der Waals surface area (Å²) in [4.78, 5) is 33.0. The minimum atomic E-state index is -1.18. The Balaban J connectivity index is 1.97. The zero-order chi connectivity index (χ0) is 17.6. The number of alkyl halides is 1. The summed E-state index contributed by atoms with van der Waals surface area (Å²) in [6.45, 7) is 5.17. The van der Waals surface area contributed by atoms with Gasteiger partial charge in [0, 0.05) is 6.42 Å². The van der Waals surface area contributed by atoms with Crippen molar-refractivity contribution in [3.8, 4) is 0 Å². The number of nitrogens with zero attached hydrogens (tertiary/aromatic N) is 2. The summed E-state index contributed by atoms with van der Waals surface area (Å²) in [5.74, 6) is 0.281. The van der Waals surface area contributed by atoms with Gasteiger partial charge in [0.05, 0.1) is 21.9 Å². The van der Waals surface area contributed by atoms with Crippen molar-refractivity contribution in [1.29, 1.82) is 0 Å². The van der Waals surface area contributed by atoms with Gasteiger partial charge in [-0.25, -0.2) is 14.2 Å². The molecule has 0 saturated carbocycles. The molecule has 3 heterocycles. The van der Waals surface area contributed by atoms with Crippen LogP contribution in [0.3, 0.4) is 0 Å². The van der Waals surface area contributed by atoms with Crippen molar-refractivity contribution in [1.82, 2.24) is 14.9 Å². The van der Waals surface area contributed by atoms with Gasteiger partial charge >= 0.3 is 6.09 Å². The summed E-state index contributed by atoms with van der Waals surface area (Å²) < 4.78 is 20.6. The molecule has 1 fully saturated rings. The van der Waals surface area contributed by atoms with Crippen molar-refractivity contribution in [2.45, 2.75) is 45.0 Å². The Morgan fingerprint density at radius 3 is 2.92 bits per heavy atom. The van der Waals surface area contributed by atoms with Gasteiger partial charge in [0.25, 0.3) is 5.56 Å². The number of ether oxygens (including phenoxy) is 1. The molecule has 24 heavy (non-hydrogen) atoms. The number of thiophene rings is 1. The van der Waals surface area contributed by atoms with E-state index in [-0.39, 0.29) is 24.3 Å². The SMILES string of the molecule is CC(C)(C)OC(=O)N1C[C@@H](F)C[C@H]1c1nc2cc(Br)sc2c(=O)[nH]1. The summed E-state index contributed by atoms with van der Waals surface area (Å²) in [5.41, 5.74) is -0.451. The minimum absolute atomic E-state index is 0.0747. The molecular weight excluding hydrogens is 401 g/mol. The Morgan fingerprint density at radius 1 is 1.54 bits per heavy atom. The molecule has 2 aromatic heterocycles. The van der Waals surface area contributed by atoms with E-state index in [0.29, 0.717) is 10.2 Å². The highest BCUT2D eigenvalue weighted by atomic mass is 79.9. The van der Waals surface area contributed by atoms with Crippen molar-refractivity contribution in [2.75, 3.05) is 6.54 Å². The maximum atomic E-state index is 13.9. The van der Waals surface area contributed by atoms with Crippen LogP contribution in [0.15, 0.2) is 14.6 Å². The van der Waals surface area contributed by atoms with Gasteiger partial charge < -0.3 is 9.72 Å². The van der Waals surface area contributed by atoms with E-state index >= 15 is 0 Å². The largest absolute Gasteiger partial charge is 0.444 e. The van der Waals surface area contributed by atoms with Gasteiger partial charge in [-0.1, -0.05) is 0 Å². The minimum Gasteiger partial charge on any atom is -0.444 e. The summed E-state index contributed by atoms with van der Waals surface area (Å²) in [7, 11) is 0. The van der Waals surface area contributed by atoms with Crippen molar-refractivity contribution in [3.05, 3.63) is 26.0 Å². The molecule has 1 saturated heterocycles. The maximum absolute atomic E-state index is 13.9. The highest BCUT2D eigenvalue weighted by molar-refractivity contribution is 9.11. The fourth-order valence-corrected chi connectivity index (χ4v) is 4.07. The number of hydrogen-bond acceptors (Lipinski definition) is 5. The van der Waals surface area contributed by atoms with E-state index in [1.165, 1.54) is 16.2 Å². The third kappa shape index (κ3) is 3.46. The predicted octanol–water partition coefficient (Wildman–Crippen LogP) is 3.77. The van der Waals surface area contributed by atoms with E-state index in [1.807, 2.05) is 0 Å². The third-order valence-electron chi connectivity index (χ3n) is 3.56. The predicted molar refractivity (Wildman–Crippen MR) is 93.1 cm³/mol. The van der Waals surface area contributed by atoms with Crippen LogP contribution in [0.5, 0.6) is 0 Å². The van der Waals surface area contributed by atoms with Gasteiger partial charge in [0.2, 0.25) is 0 Å². The number of carbonyl (C=O) groups is 1. The van der Waals surface area contributed by atoms with Gasteiger partial charge in [-0.2, -0.15) is 0 Å². The van der Waals surface area contributed by atoms with E-state index in [4.69, 9.17) is 4.74 Å². The van der Waals surface area contributed by atoms with Crippen LogP contribution in [0.4, 0.5) is 9.18 Å². The van der Waals surface area contributed by atoms with Crippen LogP contribution in [0.2, 0.25) is 0 Å². The number of nitrogens with one attached hydrogen (secondary N) is 1. The van der Waals surface area contributed by atoms with E-state index in [0.717, 1.165) is 3.79 Å². The van der Waals surface area contributed by atoms with Crippen LogP contribution in [0.1, 0.15) is 39.1 Å². The lowest BCUT2D eigenvalue weighted by Crippen LogP contribution is -2.37. The number of H-pyrrole nitrogens is 1. The summed E-state index contributed by atoms with van der Waals surface area (Å²) in [6.07, 6.45) is -1.71. The summed E-state index contributed by atoms with van der Waals surface area (Å²) >= 11 is 4.60. The number of likely N-dealkylation sites (tertiary alicyclic amines) is 1. The first-order chi connectivity index (χ1) is 11.1. The molecule has 2 atom stereocenters. The van der Waals surface area contributed by atoms with Crippen molar-refractivity contribution in [3.63, 3.8) is 0 Å². The third-order valence-corrected chi connectivity index (χ3v) is 5.19. The molecule has 0 spiro atoms. The highest BCUT2D eigenvalue weighted by Gasteiger charge is 2.40. The summed E-state index contributed by atoms with van der Waals surface area (Å²) in [5, 5.41) is 0. The first-order valence-electron chi connectivity index (χ1n) is 7.47. The second-order valence-corrected chi connectivity index (χ2v) is 9.13. The lowest BCUT2D eigenvalue weighted by molar-refractivity contribution is 0.0210. The molecule has 0 radical (unpaired) electrons. The second kappa shape index (κ2) is 6.11. The molecule has 9 heteroatoms. The molecular formula is C15H17BrFN3O3S. The molecule has 1 aliphatic rings. The van der Waals surface area contributed by atoms with Gasteiger partial charge in [0.15, 0.2) is 0 Å². The molecule has 0 aromatic carbocycles. The van der Waals surface area contributed by atoms with Crippen LogP contribution < -0.4 is 5.56 Å². The Hall–Kier alpha value is -1.48. The van der Waals surface area contributed by atoms with Crippen molar-refractivity contribution < 1.29 is 13.9 Å². The van der Waals surface area contributed by atoms with Crippen LogP contribution in [-0.4, -0.2) is 39.3 Å². The molecule has 1 aliphatic heterocycles. The van der Waals surface area contributed by atoms with E-state index < -0.39 is 23.9 Å². The quantitative estimate of drug-likeness (QED) is 0.765. The molecule has 6 nitrogen and oxygen atoms in total. The molecule has 1 amide bonds. The average Bonchev–Trinajstić information content (AvgIpc) is 2.99. The number of fused-ring (bicyclic) bond motifs is 1. The number of carbonyl (C=O) groups excluding carboxylic acids is 1. The normalized spacial score (nSPS) is 21.5. The molecule has 2 aromatic rings. The van der Waals surface area contributed by atoms with Crippen LogP contribution in [0.25, 0.3) is 10.2 Å². The van der Waals surface area contributed by atoms with Gasteiger partial charge in [-0.3, -0.25) is 9.69 Å². The number of rotatable bonds is 1. The standard InChI is InChI=1S/C15H17BrFN3O3S/c1-15(2,3)23-14(22)20-6-7(17)4-9(20)12-18-8-5-10(16)24-11(8)13(21)19-12/h5,7,9H,4,6H2,1-3H3,(H,18,19,21)/t7-,9-/m0/s1. The molecule has 1 N–H and O–H groups in total. The molecule has 130 valence electrons. The maximum Gasteiger partial charge on any atom is 0.411 e. The zero-order valence-electron chi connectivity index (χ0n) is 13.4. The first-order valence-corrected chi connectivity index (χ1v) is 9.08. The molecule has 0 aliphatic carbocycles. The topological polar surface area (TPSA) is 75.3 Å². The molecule has 0 unspecified atom stereocenters. The monoisotopic (exact) mass is 417 g/mol. The van der Waals surface area contributed by atoms with Crippen molar-refractivity contribution in [2.24, 2.45) is 0 Å². The number of halogens is 2.